The van der Waals surface area contributed by atoms with E-state index in [4.69, 9.17) is 4.74 Å². The van der Waals surface area contributed by atoms with E-state index in [9.17, 15) is 0 Å². The Morgan fingerprint density at radius 2 is 1.90 bits per heavy atom. The maximum atomic E-state index is 5.43. The molecule has 0 amide bonds. The molecule has 1 atom stereocenters. The maximum Gasteiger partial charge on any atom is 0.0710 e. The van der Waals surface area contributed by atoms with Gasteiger partial charge in [-0.2, -0.15) is 0 Å². The van der Waals surface area contributed by atoms with Crippen LogP contribution < -0.4 is 0 Å². The van der Waals surface area contributed by atoms with Crippen LogP contribution in [0, 0.1) is 6.92 Å². The first-order valence-electron chi connectivity index (χ1n) is 7.66. The average Bonchev–Trinajstić information content (AvgIpc) is 2.96. The van der Waals surface area contributed by atoms with Gasteiger partial charge in [-0.25, -0.2) is 0 Å². The van der Waals surface area contributed by atoms with Gasteiger partial charge >= 0.3 is 0 Å². The van der Waals surface area contributed by atoms with Gasteiger partial charge in [-0.05, 0) is 30.0 Å². The van der Waals surface area contributed by atoms with E-state index in [1.165, 1.54) is 22.3 Å². The highest BCUT2D eigenvalue weighted by molar-refractivity contribution is 5.64. The number of hydrogen-bond acceptors (Lipinski definition) is 2. The fraction of sp³-hybridized carbons (Fsp3) is 0.368. The summed E-state index contributed by atoms with van der Waals surface area (Å²) >= 11 is 0. The Morgan fingerprint density at radius 1 is 1.10 bits per heavy atom. The molecule has 1 unspecified atom stereocenters. The number of nitrogens with zero attached hydrogens (tertiary/aromatic N) is 1. The predicted octanol–water partition coefficient (Wildman–Crippen LogP) is 3.88. The fourth-order valence-corrected chi connectivity index (χ4v) is 3.02. The van der Waals surface area contributed by atoms with Gasteiger partial charge in [0.25, 0.3) is 0 Å². The third-order valence-corrected chi connectivity index (χ3v) is 4.27. The van der Waals surface area contributed by atoms with Crippen molar-refractivity contribution in [3.05, 3.63) is 59.7 Å². The van der Waals surface area contributed by atoms with E-state index in [2.05, 4.69) is 60.4 Å². The lowest BCUT2D eigenvalue weighted by Gasteiger charge is -2.16. The van der Waals surface area contributed by atoms with Crippen molar-refractivity contribution in [2.45, 2.75) is 26.0 Å². The summed E-state index contributed by atoms with van der Waals surface area (Å²) in [5.41, 5.74) is 5.27. The molecule has 0 radical (unpaired) electrons. The van der Waals surface area contributed by atoms with Gasteiger partial charge in [0.1, 0.15) is 0 Å². The Morgan fingerprint density at radius 3 is 2.57 bits per heavy atom. The summed E-state index contributed by atoms with van der Waals surface area (Å²) in [5.74, 6) is 0. The van der Waals surface area contributed by atoms with Crippen molar-refractivity contribution in [3.63, 3.8) is 0 Å². The average molecular weight is 281 g/mol. The van der Waals surface area contributed by atoms with E-state index in [1.807, 2.05) is 7.11 Å². The minimum absolute atomic E-state index is 0.413. The van der Waals surface area contributed by atoms with Crippen molar-refractivity contribution in [3.8, 4) is 11.1 Å². The van der Waals surface area contributed by atoms with E-state index in [1.54, 1.807) is 0 Å². The van der Waals surface area contributed by atoms with Crippen LogP contribution in [0.3, 0.4) is 0 Å². The van der Waals surface area contributed by atoms with Crippen LogP contribution in [0.2, 0.25) is 0 Å². The number of methoxy groups -OCH3 is 1. The second-order valence-corrected chi connectivity index (χ2v) is 5.95. The Labute approximate surface area is 127 Å². The van der Waals surface area contributed by atoms with Crippen molar-refractivity contribution in [2.75, 3.05) is 20.2 Å². The van der Waals surface area contributed by atoms with Crippen LogP contribution in [0.5, 0.6) is 0 Å². The highest BCUT2D eigenvalue weighted by atomic mass is 16.5. The molecule has 2 aromatic carbocycles. The molecular weight excluding hydrogens is 258 g/mol. The molecule has 21 heavy (non-hydrogen) atoms. The molecule has 2 nitrogen and oxygen atoms in total. The fourth-order valence-electron chi connectivity index (χ4n) is 3.02. The monoisotopic (exact) mass is 281 g/mol. The zero-order valence-corrected chi connectivity index (χ0v) is 12.9. The molecule has 1 saturated heterocycles. The van der Waals surface area contributed by atoms with E-state index < -0.39 is 0 Å². The SMILES string of the molecule is COC1CCN(Cc2ccc(-c3cccc(C)c3)cc2)C1. The van der Waals surface area contributed by atoms with Crippen LogP contribution >= 0.6 is 0 Å². The largest absolute Gasteiger partial charge is 0.380 e. The van der Waals surface area contributed by atoms with Gasteiger partial charge < -0.3 is 4.74 Å². The summed E-state index contributed by atoms with van der Waals surface area (Å²) in [6, 6.07) is 17.6. The van der Waals surface area contributed by atoms with Gasteiger partial charge in [0.15, 0.2) is 0 Å². The normalized spacial score (nSPS) is 19.0. The van der Waals surface area contributed by atoms with Gasteiger partial charge in [-0.15, -0.1) is 0 Å². The van der Waals surface area contributed by atoms with E-state index in [-0.39, 0.29) is 0 Å². The standard InChI is InChI=1S/C19H23NO/c1-15-4-3-5-18(12-15)17-8-6-16(7-9-17)13-20-11-10-19(14-20)21-2/h3-9,12,19H,10-11,13-14H2,1-2H3. The summed E-state index contributed by atoms with van der Waals surface area (Å²) in [7, 11) is 1.81. The second kappa shape index (κ2) is 6.42. The molecule has 0 spiro atoms. The lowest BCUT2D eigenvalue weighted by atomic mass is 10.0. The molecule has 0 aliphatic carbocycles. The van der Waals surface area contributed by atoms with Crippen molar-refractivity contribution in [2.24, 2.45) is 0 Å². The molecule has 0 bridgehead atoms. The van der Waals surface area contributed by atoms with Crippen molar-refractivity contribution in [1.82, 2.24) is 4.90 Å². The molecule has 2 aromatic rings. The highest BCUT2D eigenvalue weighted by Gasteiger charge is 2.21. The number of ether oxygens (including phenoxy) is 1. The zero-order valence-electron chi connectivity index (χ0n) is 12.9. The summed E-state index contributed by atoms with van der Waals surface area (Å²) < 4.78 is 5.43. The van der Waals surface area contributed by atoms with Gasteiger partial charge in [0, 0.05) is 26.7 Å². The first-order valence-corrected chi connectivity index (χ1v) is 7.66. The summed E-state index contributed by atoms with van der Waals surface area (Å²) in [6.07, 6.45) is 1.56. The smallest absolute Gasteiger partial charge is 0.0710 e. The topological polar surface area (TPSA) is 12.5 Å². The molecule has 1 heterocycles. The Balaban J connectivity index is 1.67. The Bertz CT molecular complexity index is 591. The maximum absolute atomic E-state index is 5.43. The third kappa shape index (κ3) is 3.52. The number of rotatable bonds is 4. The van der Waals surface area contributed by atoms with Crippen molar-refractivity contribution < 1.29 is 4.74 Å². The van der Waals surface area contributed by atoms with Crippen LogP contribution in [-0.4, -0.2) is 31.2 Å². The molecule has 3 rings (SSSR count). The highest BCUT2D eigenvalue weighted by Crippen LogP contribution is 2.22. The third-order valence-electron chi connectivity index (χ3n) is 4.27. The molecule has 110 valence electrons. The van der Waals surface area contributed by atoms with Crippen LogP contribution in [0.15, 0.2) is 48.5 Å². The van der Waals surface area contributed by atoms with Gasteiger partial charge in [0.05, 0.1) is 6.10 Å². The molecule has 1 aliphatic heterocycles. The van der Waals surface area contributed by atoms with Crippen LogP contribution in [0.4, 0.5) is 0 Å². The quantitative estimate of drug-likeness (QED) is 0.843. The summed E-state index contributed by atoms with van der Waals surface area (Å²) in [5, 5.41) is 0. The Kier molecular flexibility index (Phi) is 4.37. The minimum atomic E-state index is 0.413. The second-order valence-electron chi connectivity index (χ2n) is 5.95. The van der Waals surface area contributed by atoms with Crippen LogP contribution in [0.1, 0.15) is 17.5 Å². The van der Waals surface area contributed by atoms with Crippen LogP contribution in [-0.2, 0) is 11.3 Å². The number of likely N-dealkylation sites (tertiary alicyclic amines) is 1. The Hall–Kier alpha value is -1.64. The number of aryl methyl sites for hydroxylation is 1. The molecular formula is C19H23NO. The molecule has 2 heteroatoms. The van der Waals surface area contributed by atoms with E-state index in [0.29, 0.717) is 6.10 Å². The van der Waals surface area contributed by atoms with Gasteiger partial charge in [-0.3, -0.25) is 4.90 Å². The summed E-state index contributed by atoms with van der Waals surface area (Å²) in [4.78, 5) is 2.47. The first kappa shape index (κ1) is 14.3. The zero-order chi connectivity index (χ0) is 14.7. The number of benzene rings is 2. The minimum Gasteiger partial charge on any atom is -0.380 e. The molecule has 1 aliphatic rings. The lowest BCUT2D eigenvalue weighted by Crippen LogP contribution is -2.22. The van der Waals surface area contributed by atoms with E-state index in [0.717, 1.165) is 26.1 Å². The summed E-state index contributed by atoms with van der Waals surface area (Å²) in [6.45, 7) is 5.35. The van der Waals surface area contributed by atoms with E-state index >= 15 is 0 Å². The number of hydrogen-bond donors (Lipinski definition) is 0. The lowest BCUT2D eigenvalue weighted by molar-refractivity contribution is 0.107. The molecule has 0 N–H and O–H groups in total. The first-order chi connectivity index (χ1) is 10.2. The van der Waals surface area contributed by atoms with Crippen molar-refractivity contribution in [1.29, 1.82) is 0 Å². The van der Waals surface area contributed by atoms with Crippen LogP contribution in [0.25, 0.3) is 11.1 Å². The van der Waals surface area contributed by atoms with Crippen molar-refractivity contribution >= 4 is 0 Å². The molecule has 0 aromatic heterocycles. The van der Waals surface area contributed by atoms with Gasteiger partial charge in [-0.1, -0.05) is 54.1 Å². The van der Waals surface area contributed by atoms with Gasteiger partial charge in [0.2, 0.25) is 0 Å². The predicted molar refractivity (Wildman–Crippen MR) is 87.3 cm³/mol. The molecule has 1 fully saturated rings. The molecule has 0 saturated carbocycles.